The molecule has 5 heteroatoms. The predicted octanol–water partition coefficient (Wildman–Crippen LogP) is 1.20. The minimum atomic E-state index is -0.316. The van der Waals surface area contributed by atoms with Gasteiger partial charge >= 0.3 is 0 Å². The zero-order valence-electron chi connectivity index (χ0n) is 8.57. The summed E-state index contributed by atoms with van der Waals surface area (Å²) >= 11 is 0. The van der Waals surface area contributed by atoms with E-state index in [2.05, 4.69) is 10.4 Å². The normalized spacial score (nSPS) is 14.1. The third-order valence-electron chi connectivity index (χ3n) is 2.78. The van der Waals surface area contributed by atoms with Gasteiger partial charge in [-0.05, 0) is 12.1 Å². The molecule has 0 amide bonds. The van der Waals surface area contributed by atoms with E-state index < -0.39 is 0 Å². The van der Waals surface area contributed by atoms with Crippen molar-refractivity contribution in [1.82, 2.24) is 15.1 Å². The lowest BCUT2D eigenvalue weighted by molar-refractivity contribution is 0.609. The van der Waals surface area contributed by atoms with E-state index in [1.54, 1.807) is 18.2 Å². The maximum Gasteiger partial charge on any atom is 0.148 e. The van der Waals surface area contributed by atoms with Gasteiger partial charge in [0.05, 0.1) is 5.69 Å². The Morgan fingerprint density at radius 2 is 2.12 bits per heavy atom. The molecule has 2 heterocycles. The van der Waals surface area contributed by atoms with Crippen molar-refractivity contribution in [2.75, 3.05) is 5.73 Å². The number of nitrogens with zero attached hydrogens (tertiary/aromatic N) is 2. The molecule has 82 valence electrons. The number of aromatic nitrogens is 2. The topological polar surface area (TPSA) is 55.9 Å². The van der Waals surface area contributed by atoms with E-state index in [-0.39, 0.29) is 5.82 Å². The molecular weight excluding hydrogens is 207 g/mol. The lowest BCUT2D eigenvalue weighted by Gasteiger charge is -2.06. The fraction of sp³-hybridized carbons (Fsp3) is 0.182. The van der Waals surface area contributed by atoms with Crippen LogP contribution in [0.15, 0.2) is 24.3 Å². The van der Waals surface area contributed by atoms with Crippen LogP contribution in [0.2, 0.25) is 0 Å². The average molecular weight is 218 g/mol. The number of anilines is 1. The lowest BCUT2D eigenvalue weighted by atomic mass is 10.2. The number of rotatable bonds is 1. The van der Waals surface area contributed by atoms with Crippen LogP contribution in [0, 0.1) is 5.82 Å². The van der Waals surface area contributed by atoms with Gasteiger partial charge in [0.1, 0.15) is 17.3 Å². The molecule has 0 saturated carbocycles. The van der Waals surface area contributed by atoms with Gasteiger partial charge in [-0.2, -0.15) is 5.10 Å². The molecule has 2 aromatic rings. The molecular formula is C11H11FN4. The molecule has 1 aromatic heterocycles. The van der Waals surface area contributed by atoms with Crippen LogP contribution < -0.4 is 11.1 Å². The second kappa shape index (κ2) is 3.31. The summed E-state index contributed by atoms with van der Waals surface area (Å²) in [6, 6.07) is 6.48. The molecule has 1 aliphatic heterocycles. The van der Waals surface area contributed by atoms with Crippen molar-refractivity contribution < 1.29 is 4.39 Å². The van der Waals surface area contributed by atoms with E-state index in [0.717, 1.165) is 11.3 Å². The van der Waals surface area contributed by atoms with E-state index >= 15 is 0 Å². The standard InChI is InChI=1S/C11H11FN4/c12-8-3-1-2-4-10(8)16-11(13)7-5-14-6-9(7)15-16/h1-4,14H,5-6,13H2. The molecule has 0 saturated heterocycles. The molecule has 4 nitrogen and oxygen atoms in total. The number of nitrogens with two attached hydrogens (primary N) is 1. The van der Waals surface area contributed by atoms with Crippen LogP contribution in [0.1, 0.15) is 11.3 Å². The molecule has 0 spiro atoms. The third-order valence-corrected chi connectivity index (χ3v) is 2.78. The van der Waals surface area contributed by atoms with Crippen LogP contribution >= 0.6 is 0 Å². The smallest absolute Gasteiger partial charge is 0.148 e. The summed E-state index contributed by atoms with van der Waals surface area (Å²) in [6.45, 7) is 1.40. The van der Waals surface area contributed by atoms with E-state index in [1.807, 2.05) is 0 Å². The molecule has 0 fully saturated rings. The minimum Gasteiger partial charge on any atom is -0.383 e. The predicted molar refractivity (Wildman–Crippen MR) is 58.5 cm³/mol. The molecule has 0 unspecified atom stereocenters. The summed E-state index contributed by atoms with van der Waals surface area (Å²) in [5, 5.41) is 7.46. The molecule has 0 bridgehead atoms. The van der Waals surface area contributed by atoms with Crippen LogP contribution in [0.4, 0.5) is 10.2 Å². The Balaban J connectivity index is 2.18. The zero-order chi connectivity index (χ0) is 11.1. The molecule has 3 N–H and O–H groups in total. The molecule has 0 aliphatic carbocycles. The third kappa shape index (κ3) is 1.22. The van der Waals surface area contributed by atoms with Crippen molar-refractivity contribution in [3.63, 3.8) is 0 Å². The van der Waals surface area contributed by atoms with Crippen molar-refractivity contribution in [2.24, 2.45) is 0 Å². The van der Waals surface area contributed by atoms with Gasteiger partial charge in [-0.3, -0.25) is 0 Å². The van der Waals surface area contributed by atoms with Crippen LogP contribution in [0.5, 0.6) is 0 Å². The van der Waals surface area contributed by atoms with Gasteiger partial charge in [-0.25, -0.2) is 9.07 Å². The molecule has 1 aromatic carbocycles. The Hall–Kier alpha value is -1.88. The van der Waals surface area contributed by atoms with Crippen molar-refractivity contribution in [3.8, 4) is 5.69 Å². The largest absolute Gasteiger partial charge is 0.383 e. The zero-order valence-corrected chi connectivity index (χ0v) is 8.57. The summed E-state index contributed by atoms with van der Waals surface area (Å²) in [6.07, 6.45) is 0. The number of benzene rings is 1. The van der Waals surface area contributed by atoms with Crippen molar-refractivity contribution >= 4 is 5.82 Å². The van der Waals surface area contributed by atoms with Gasteiger partial charge < -0.3 is 11.1 Å². The summed E-state index contributed by atoms with van der Waals surface area (Å²) in [5.74, 6) is 0.202. The minimum absolute atomic E-state index is 0.316. The first-order valence-corrected chi connectivity index (χ1v) is 5.09. The fourth-order valence-electron chi connectivity index (χ4n) is 1.96. The van der Waals surface area contributed by atoms with E-state index in [1.165, 1.54) is 10.7 Å². The fourth-order valence-corrected chi connectivity index (χ4v) is 1.96. The van der Waals surface area contributed by atoms with Crippen molar-refractivity contribution in [3.05, 3.63) is 41.3 Å². The summed E-state index contributed by atoms with van der Waals surface area (Å²) in [7, 11) is 0. The van der Waals surface area contributed by atoms with Crippen molar-refractivity contribution in [2.45, 2.75) is 13.1 Å². The van der Waals surface area contributed by atoms with Crippen molar-refractivity contribution in [1.29, 1.82) is 0 Å². The van der Waals surface area contributed by atoms with Gasteiger partial charge in [0.25, 0.3) is 0 Å². The van der Waals surface area contributed by atoms with Gasteiger partial charge in [0.2, 0.25) is 0 Å². The first-order chi connectivity index (χ1) is 7.77. The molecule has 1 aliphatic rings. The number of hydrogen-bond acceptors (Lipinski definition) is 3. The second-order valence-corrected chi connectivity index (χ2v) is 3.78. The summed E-state index contributed by atoms with van der Waals surface area (Å²) in [4.78, 5) is 0. The van der Waals surface area contributed by atoms with E-state index in [9.17, 15) is 4.39 Å². The first-order valence-electron chi connectivity index (χ1n) is 5.09. The van der Waals surface area contributed by atoms with Gasteiger partial charge in [0.15, 0.2) is 0 Å². The molecule has 0 atom stereocenters. The van der Waals surface area contributed by atoms with E-state index in [0.29, 0.717) is 24.6 Å². The van der Waals surface area contributed by atoms with E-state index in [4.69, 9.17) is 5.73 Å². The Morgan fingerprint density at radius 1 is 1.31 bits per heavy atom. The lowest BCUT2D eigenvalue weighted by Crippen LogP contribution is -2.09. The quantitative estimate of drug-likeness (QED) is 0.756. The number of fused-ring (bicyclic) bond motifs is 1. The summed E-state index contributed by atoms with van der Waals surface area (Å²) in [5.41, 5.74) is 8.23. The Labute approximate surface area is 91.9 Å². The Bertz CT molecular complexity index is 547. The van der Waals surface area contributed by atoms with Crippen LogP contribution in [0.3, 0.4) is 0 Å². The van der Waals surface area contributed by atoms with Crippen LogP contribution in [0.25, 0.3) is 5.69 Å². The Morgan fingerprint density at radius 3 is 2.88 bits per heavy atom. The molecule has 0 radical (unpaired) electrons. The maximum absolute atomic E-state index is 13.6. The highest BCUT2D eigenvalue weighted by Gasteiger charge is 2.21. The highest BCUT2D eigenvalue weighted by molar-refractivity contribution is 5.51. The van der Waals surface area contributed by atoms with Gasteiger partial charge in [-0.1, -0.05) is 12.1 Å². The number of halogens is 1. The molecule has 16 heavy (non-hydrogen) atoms. The van der Waals surface area contributed by atoms with Gasteiger partial charge in [0, 0.05) is 18.7 Å². The second-order valence-electron chi connectivity index (χ2n) is 3.78. The molecule has 3 rings (SSSR count). The number of nitrogens with one attached hydrogen (secondary N) is 1. The monoisotopic (exact) mass is 218 g/mol. The first kappa shape index (κ1) is 9.35. The number of nitrogen functional groups attached to an aromatic ring is 1. The van der Waals surface area contributed by atoms with Gasteiger partial charge in [-0.15, -0.1) is 0 Å². The number of hydrogen-bond donors (Lipinski definition) is 2. The Kier molecular flexibility index (Phi) is 1.94. The number of para-hydroxylation sites is 1. The average Bonchev–Trinajstić information content (AvgIpc) is 2.83. The maximum atomic E-state index is 13.6. The highest BCUT2D eigenvalue weighted by atomic mass is 19.1. The highest BCUT2D eigenvalue weighted by Crippen LogP contribution is 2.25. The SMILES string of the molecule is Nc1c2c(nn1-c1ccccc1F)CNC2. The summed E-state index contributed by atoms with van der Waals surface area (Å²) < 4.78 is 15.1. The van der Waals surface area contributed by atoms with Crippen LogP contribution in [-0.2, 0) is 13.1 Å². The van der Waals surface area contributed by atoms with Crippen LogP contribution in [-0.4, -0.2) is 9.78 Å².